The fourth-order valence-corrected chi connectivity index (χ4v) is 6.77. The second kappa shape index (κ2) is 5.43. The van der Waals surface area contributed by atoms with E-state index in [0.29, 0.717) is 11.5 Å². The molecule has 1 aliphatic heterocycles. The first kappa shape index (κ1) is 18.2. The molecule has 3 aliphatic carbocycles. The van der Waals surface area contributed by atoms with Crippen molar-refractivity contribution in [3.63, 3.8) is 0 Å². The maximum atomic E-state index is 12.3. The summed E-state index contributed by atoms with van der Waals surface area (Å²) in [7, 11) is 0. The van der Waals surface area contributed by atoms with E-state index in [-0.39, 0.29) is 42.5 Å². The van der Waals surface area contributed by atoms with Crippen molar-refractivity contribution in [3.8, 4) is 0 Å². The lowest BCUT2D eigenvalue weighted by molar-refractivity contribution is -0.160. The van der Waals surface area contributed by atoms with Crippen LogP contribution in [0.5, 0.6) is 0 Å². The Bertz CT molecular complexity index is 757. The summed E-state index contributed by atoms with van der Waals surface area (Å²) in [6.07, 6.45) is 4.09. The maximum absolute atomic E-state index is 12.3. The second-order valence-electron chi connectivity index (χ2n) is 8.95. The average Bonchev–Trinajstić information content (AvgIpc) is 2.77. The van der Waals surface area contributed by atoms with Gasteiger partial charge in [-0.05, 0) is 37.2 Å². The number of hydrogen-bond donors (Lipinski definition) is 2. The summed E-state index contributed by atoms with van der Waals surface area (Å²) in [5.41, 5.74) is -1.83. The number of ketones is 1. The van der Waals surface area contributed by atoms with Crippen molar-refractivity contribution >= 4 is 23.4 Å². The fraction of sp³-hybridized carbons (Fsp3) is 0.700. The van der Waals surface area contributed by atoms with Crippen LogP contribution in [0, 0.1) is 28.6 Å². The third-order valence-electron chi connectivity index (χ3n) is 7.84. The topological polar surface area (TPSA) is 83.8 Å². The zero-order chi connectivity index (χ0) is 19.1. The number of aliphatic hydroxyl groups is 2. The number of fused-ring (bicyclic) bond motifs is 5. The zero-order valence-electron chi connectivity index (χ0n) is 15.3. The predicted molar refractivity (Wildman–Crippen MR) is 95.2 cm³/mol. The summed E-state index contributed by atoms with van der Waals surface area (Å²) >= 11 is 6.56. The minimum Gasteiger partial charge on any atom is -0.462 e. The van der Waals surface area contributed by atoms with Crippen LogP contribution in [-0.4, -0.2) is 40.3 Å². The summed E-state index contributed by atoms with van der Waals surface area (Å²) in [6, 6.07) is 0. The van der Waals surface area contributed by atoms with Crippen LogP contribution in [0.25, 0.3) is 0 Å². The van der Waals surface area contributed by atoms with Gasteiger partial charge in [-0.1, -0.05) is 31.5 Å². The Morgan fingerprint density at radius 1 is 1.38 bits per heavy atom. The lowest BCUT2D eigenvalue weighted by Crippen LogP contribution is -2.57. The Morgan fingerprint density at radius 2 is 2.08 bits per heavy atom. The van der Waals surface area contributed by atoms with E-state index in [1.807, 2.05) is 13.0 Å². The van der Waals surface area contributed by atoms with Crippen molar-refractivity contribution in [1.82, 2.24) is 0 Å². The molecule has 6 heteroatoms. The number of ether oxygens (including phenoxy) is 1. The molecule has 0 spiro atoms. The van der Waals surface area contributed by atoms with Gasteiger partial charge in [0.05, 0.1) is 6.10 Å². The molecule has 2 saturated carbocycles. The van der Waals surface area contributed by atoms with Crippen molar-refractivity contribution in [2.45, 2.75) is 51.7 Å². The molecule has 26 heavy (non-hydrogen) atoms. The smallest absolute Gasteiger partial charge is 0.331 e. The van der Waals surface area contributed by atoms with Gasteiger partial charge in [0.2, 0.25) is 0 Å². The number of esters is 1. The van der Waals surface area contributed by atoms with E-state index >= 15 is 0 Å². The number of aliphatic hydroxyl groups excluding tert-OH is 1. The van der Waals surface area contributed by atoms with Crippen LogP contribution in [0.15, 0.2) is 22.8 Å². The lowest BCUT2D eigenvalue weighted by atomic mass is 9.49. The number of carbonyl (C=O) groups is 2. The predicted octanol–water partition coefficient (Wildman–Crippen LogP) is 2.35. The highest BCUT2D eigenvalue weighted by atomic mass is 35.5. The highest BCUT2D eigenvalue weighted by Crippen LogP contribution is 2.66. The number of hydrogen-bond acceptors (Lipinski definition) is 5. The standard InChI is InChI=1S/C20H25ClO5/c1-10(22)20(25)8-15(23)17-11-6-14(21)13-7-16(24)26-9-18(13,2)12(11)4-5-19(17,20)3/h6-7,11-12,15,17,23,25H,4-5,8-9H2,1-3H3/t11-,12+,15?,17-,18-,19+,20+/m1/s1. The van der Waals surface area contributed by atoms with E-state index in [2.05, 4.69) is 6.92 Å². The van der Waals surface area contributed by atoms with Crippen LogP contribution in [0.2, 0.25) is 0 Å². The molecule has 2 fully saturated rings. The minimum atomic E-state index is -1.52. The molecule has 0 saturated heterocycles. The molecule has 4 rings (SSSR count). The number of carbonyl (C=O) groups excluding carboxylic acids is 2. The van der Waals surface area contributed by atoms with Crippen molar-refractivity contribution in [2.75, 3.05) is 6.61 Å². The molecule has 0 aromatic rings. The molecule has 5 nitrogen and oxygen atoms in total. The number of allylic oxidation sites excluding steroid dienone is 2. The van der Waals surface area contributed by atoms with E-state index in [4.69, 9.17) is 16.3 Å². The van der Waals surface area contributed by atoms with Gasteiger partial charge < -0.3 is 14.9 Å². The first-order valence-electron chi connectivity index (χ1n) is 9.23. The zero-order valence-corrected chi connectivity index (χ0v) is 16.0. The van der Waals surface area contributed by atoms with E-state index in [1.54, 1.807) is 0 Å². The third kappa shape index (κ3) is 2.05. The molecular formula is C20H25ClO5. The Morgan fingerprint density at radius 3 is 2.73 bits per heavy atom. The molecule has 0 bridgehead atoms. The van der Waals surface area contributed by atoms with Gasteiger partial charge in [0.15, 0.2) is 5.78 Å². The number of Topliss-reactive ketones (excluding diaryl/α,β-unsaturated/α-hetero) is 1. The molecule has 0 aromatic carbocycles. The van der Waals surface area contributed by atoms with Crippen LogP contribution in [0.4, 0.5) is 0 Å². The van der Waals surface area contributed by atoms with Crippen LogP contribution in [-0.2, 0) is 14.3 Å². The second-order valence-corrected chi connectivity index (χ2v) is 9.36. The monoisotopic (exact) mass is 380 g/mol. The highest BCUT2D eigenvalue weighted by molar-refractivity contribution is 6.32. The van der Waals surface area contributed by atoms with Crippen LogP contribution >= 0.6 is 11.6 Å². The van der Waals surface area contributed by atoms with Gasteiger partial charge in [0.25, 0.3) is 0 Å². The fourth-order valence-electron chi connectivity index (χ4n) is 6.36. The van der Waals surface area contributed by atoms with Gasteiger partial charge in [0, 0.05) is 34.3 Å². The largest absolute Gasteiger partial charge is 0.462 e. The van der Waals surface area contributed by atoms with Gasteiger partial charge in [-0.3, -0.25) is 4.79 Å². The normalized spacial score (nSPS) is 50.0. The van der Waals surface area contributed by atoms with Crippen LogP contribution in [0.3, 0.4) is 0 Å². The molecule has 142 valence electrons. The molecule has 1 heterocycles. The summed E-state index contributed by atoms with van der Waals surface area (Å²) in [5.74, 6) is -0.880. The number of halogens is 1. The SMILES string of the molecule is CC(=O)[C@@]1(O)CC(O)[C@H]2[C@@H]3C=C(Cl)C4=CC(=O)OC[C@]4(C)[C@H]3CC[C@@]21C. The van der Waals surface area contributed by atoms with Crippen molar-refractivity contribution in [2.24, 2.45) is 28.6 Å². The molecule has 1 unspecified atom stereocenters. The van der Waals surface area contributed by atoms with Crippen LogP contribution in [0.1, 0.15) is 40.0 Å². The van der Waals surface area contributed by atoms with E-state index in [1.165, 1.54) is 13.0 Å². The van der Waals surface area contributed by atoms with E-state index in [9.17, 15) is 19.8 Å². The highest BCUT2D eigenvalue weighted by Gasteiger charge is 2.68. The number of rotatable bonds is 1. The van der Waals surface area contributed by atoms with Crippen molar-refractivity contribution in [3.05, 3.63) is 22.8 Å². The van der Waals surface area contributed by atoms with Gasteiger partial charge >= 0.3 is 5.97 Å². The average molecular weight is 381 g/mol. The molecule has 0 amide bonds. The van der Waals surface area contributed by atoms with E-state index < -0.39 is 22.5 Å². The van der Waals surface area contributed by atoms with E-state index in [0.717, 1.165) is 12.0 Å². The number of cyclic esters (lactones) is 1. The maximum Gasteiger partial charge on any atom is 0.331 e. The van der Waals surface area contributed by atoms with Crippen molar-refractivity contribution < 1.29 is 24.5 Å². The first-order valence-corrected chi connectivity index (χ1v) is 9.60. The molecular weight excluding hydrogens is 356 g/mol. The quantitative estimate of drug-likeness (QED) is 0.682. The Kier molecular flexibility index (Phi) is 3.80. The Labute approximate surface area is 158 Å². The van der Waals surface area contributed by atoms with Crippen molar-refractivity contribution in [1.29, 1.82) is 0 Å². The summed E-state index contributed by atoms with van der Waals surface area (Å²) in [6.45, 7) is 5.64. The molecule has 2 N–H and O–H groups in total. The molecule has 7 atom stereocenters. The molecule has 0 aromatic heterocycles. The van der Waals surface area contributed by atoms with Gasteiger partial charge in [-0.15, -0.1) is 0 Å². The molecule has 4 aliphatic rings. The third-order valence-corrected chi connectivity index (χ3v) is 8.17. The summed E-state index contributed by atoms with van der Waals surface area (Å²) in [4.78, 5) is 24.0. The van der Waals surface area contributed by atoms with Gasteiger partial charge in [0.1, 0.15) is 12.2 Å². The Balaban J connectivity index is 1.83. The molecule has 0 radical (unpaired) electrons. The lowest BCUT2D eigenvalue weighted by Gasteiger charge is -2.57. The summed E-state index contributed by atoms with van der Waals surface area (Å²) in [5, 5.41) is 22.5. The summed E-state index contributed by atoms with van der Waals surface area (Å²) < 4.78 is 5.32. The Hall–Kier alpha value is -1.17. The first-order chi connectivity index (χ1) is 12.0. The van der Waals surface area contributed by atoms with Gasteiger partial charge in [-0.25, -0.2) is 4.79 Å². The van der Waals surface area contributed by atoms with Crippen LogP contribution < -0.4 is 0 Å². The minimum absolute atomic E-state index is 0.0621. The van der Waals surface area contributed by atoms with Gasteiger partial charge in [-0.2, -0.15) is 0 Å².